The molecule has 22 heavy (non-hydrogen) atoms. The van der Waals surface area contributed by atoms with Crippen LogP contribution in [0.5, 0.6) is 0 Å². The fourth-order valence-corrected chi connectivity index (χ4v) is 1.95. The van der Waals surface area contributed by atoms with Gasteiger partial charge in [0.2, 0.25) is 5.95 Å². The van der Waals surface area contributed by atoms with Gasteiger partial charge in [-0.2, -0.15) is 0 Å². The van der Waals surface area contributed by atoms with Crippen molar-refractivity contribution in [2.45, 2.75) is 40.0 Å². The highest BCUT2D eigenvalue weighted by atomic mass is 16.5. The summed E-state index contributed by atoms with van der Waals surface area (Å²) in [6.45, 7) is 6.39. The molecule has 7 heteroatoms. The minimum Gasteiger partial charge on any atom is -0.360 e. The van der Waals surface area contributed by atoms with E-state index in [1.165, 1.54) is 0 Å². The fraction of sp³-hybridized carbons (Fsp3) is 0.467. The second kappa shape index (κ2) is 7.53. The van der Waals surface area contributed by atoms with Crippen LogP contribution in [0.2, 0.25) is 0 Å². The van der Waals surface area contributed by atoms with Crippen molar-refractivity contribution in [3.05, 3.63) is 29.3 Å². The van der Waals surface area contributed by atoms with Crippen LogP contribution < -0.4 is 10.6 Å². The first kappa shape index (κ1) is 15.9. The van der Waals surface area contributed by atoms with Crippen LogP contribution in [-0.4, -0.2) is 27.6 Å². The molecule has 2 rings (SSSR count). The molecule has 2 aromatic heterocycles. The largest absolute Gasteiger partial charge is 0.360 e. The normalized spacial score (nSPS) is 10.5. The van der Waals surface area contributed by atoms with E-state index < -0.39 is 0 Å². The number of hydrogen-bond acceptors (Lipinski definition) is 6. The number of aromatic nitrogens is 3. The number of nitrogens with one attached hydrogen (secondary N) is 2. The van der Waals surface area contributed by atoms with Gasteiger partial charge < -0.3 is 15.2 Å². The molecule has 2 aromatic rings. The van der Waals surface area contributed by atoms with Crippen LogP contribution in [0.3, 0.4) is 0 Å². The zero-order valence-corrected chi connectivity index (χ0v) is 13.1. The van der Waals surface area contributed by atoms with Gasteiger partial charge in [-0.3, -0.25) is 4.79 Å². The van der Waals surface area contributed by atoms with Crippen LogP contribution in [0.25, 0.3) is 0 Å². The maximum absolute atomic E-state index is 12.1. The first-order valence-electron chi connectivity index (χ1n) is 7.42. The fourth-order valence-electron chi connectivity index (χ4n) is 1.95. The summed E-state index contributed by atoms with van der Waals surface area (Å²) in [6, 6.07) is 3.39. The SMILES string of the molecule is CCCCCNC(=O)c1cc(C)nc(Nc2cc(C)on2)n1. The van der Waals surface area contributed by atoms with Gasteiger partial charge >= 0.3 is 0 Å². The summed E-state index contributed by atoms with van der Waals surface area (Å²) in [7, 11) is 0. The molecule has 0 aliphatic rings. The van der Waals surface area contributed by atoms with Gasteiger partial charge in [0.25, 0.3) is 5.91 Å². The van der Waals surface area contributed by atoms with Crippen molar-refractivity contribution in [2.24, 2.45) is 0 Å². The van der Waals surface area contributed by atoms with Crippen molar-refractivity contribution in [1.29, 1.82) is 0 Å². The highest BCUT2D eigenvalue weighted by Crippen LogP contribution is 2.13. The maximum Gasteiger partial charge on any atom is 0.270 e. The van der Waals surface area contributed by atoms with Crippen LogP contribution >= 0.6 is 0 Å². The minimum absolute atomic E-state index is 0.194. The van der Waals surface area contributed by atoms with Gasteiger partial charge in [0.15, 0.2) is 5.82 Å². The van der Waals surface area contributed by atoms with Crippen LogP contribution in [0, 0.1) is 13.8 Å². The lowest BCUT2D eigenvalue weighted by Crippen LogP contribution is -2.25. The third kappa shape index (κ3) is 4.54. The summed E-state index contributed by atoms with van der Waals surface area (Å²) in [5.74, 6) is 1.33. The lowest BCUT2D eigenvalue weighted by molar-refractivity contribution is 0.0948. The Labute approximate surface area is 129 Å². The zero-order valence-electron chi connectivity index (χ0n) is 13.1. The number of carbonyl (C=O) groups is 1. The first-order chi connectivity index (χ1) is 10.6. The molecule has 7 nitrogen and oxygen atoms in total. The summed E-state index contributed by atoms with van der Waals surface area (Å²) >= 11 is 0. The lowest BCUT2D eigenvalue weighted by atomic mass is 10.2. The van der Waals surface area contributed by atoms with Crippen LogP contribution in [-0.2, 0) is 0 Å². The molecule has 0 bridgehead atoms. The third-order valence-electron chi connectivity index (χ3n) is 3.02. The van der Waals surface area contributed by atoms with E-state index in [0.717, 1.165) is 19.3 Å². The van der Waals surface area contributed by atoms with E-state index in [2.05, 4.69) is 32.7 Å². The number of nitrogens with zero attached hydrogens (tertiary/aromatic N) is 3. The Morgan fingerprint density at radius 3 is 2.73 bits per heavy atom. The number of anilines is 2. The summed E-state index contributed by atoms with van der Waals surface area (Å²) in [5, 5.41) is 9.61. The van der Waals surface area contributed by atoms with Gasteiger partial charge in [0, 0.05) is 18.3 Å². The van der Waals surface area contributed by atoms with Crippen molar-refractivity contribution in [1.82, 2.24) is 20.4 Å². The van der Waals surface area contributed by atoms with E-state index in [1.807, 2.05) is 6.92 Å². The van der Waals surface area contributed by atoms with E-state index in [4.69, 9.17) is 4.52 Å². The molecule has 0 aromatic carbocycles. The van der Waals surface area contributed by atoms with Crippen molar-refractivity contribution in [3.8, 4) is 0 Å². The monoisotopic (exact) mass is 303 g/mol. The number of unbranched alkanes of at least 4 members (excludes halogenated alkanes) is 2. The number of rotatable bonds is 7. The van der Waals surface area contributed by atoms with Crippen molar-refractivity contribution < 1.29 is 9.32 Å². The molecule has 0 saturated heterocycles. The molecule has 0 saturated carbocycles. The molecular formula is C15H21N5O2. The number of aryl methyl sites for hydroxylation is 2. The second-order valence-corrected chi connectivity index (χ2v) is 5.13. The van der Waals surface area contributed by atoms with Gasteiger partial charge in [-0.15, -0.1) is 0 Å². The molecule has 0 atom stereocenters. The van der Waals surface area contributed by atoms with E-state index in [-0.39, 0.29) is 5.91 Å². The molecular weight excluding hydrogens is 282 g/mol. The van der Waals surface area contributed by atoms with E-state index in [9.17, 15) is 4.79 Å². The Balaban J connectivity index is 2.04. The molecule has 2 heterocycles. The number of carbonyl (C=O) groups excluding carboxylic acids is 1. The minimum atomic E-state index is -0.194. The van der Waals surface area contributed by atoms with Gasteiger partial charge in [-0.1, -0.05) is 24.9 Å². The van der Waals surface area contributed by atoms with Gasteiger partial charge in [-0.25, -0.2) is 9.97 Å². The van der Waals surface area contributed by atoms with E-state index >= 15 is 0 Å². The van der Waals surface area contributed by atoms with E-state index in [1.54, 1.807) is 19.1 Å². The average molecular weight is 303 g/mol. The predicted molar refractivity (Wildman–Crippen MR) is 83.1 cm³/mol. The molecule has 0 aliphatic heterocycles. The molecule has 118 valence electrons. The highest BCUT2D eigenvalue weighted by Gasteiger charge is 2.11. The van der Waals surface area contributed by atoms with Gasteiger partial charge in [0.05, 0.1) is 0 Å². The highest BCUT2D eigenvalue weighted by molar-refractivity contribution is 5.92. The molecule has 0 aliphatic carbocycles. The molecule has 0 radical (unpaired) electrons. The average Bonchev–Trinajstić information content (AvgIpc) is 2.88. The summed E-state index contributed by atoms with van der Waals surface area (Å²) in [4.78, 5) is 20.6. The predicted octanol–water partition coefficient (Wildman–Crippen LogP) is 2.75. The molecule has 0 fully saturated rings. The Hall–Kier alpha value is -2.44. The quantitative estimate of drug-likeness (QED) is 0.764. The Morgan fingerprint density at radius 2 is 2.05 bits per heavy atom. The van der Waals surface area contributed by atoms with Crippen LogP contribution in [0.4, 0.5) is 11.8 Å². The third-order valence-corrected chi connectivity index (χ3v) is 3.02. The molecule has 1 amide bonds. The smallest absolute Gasteiger partial charge is 0.270 e. The summed E-state index contributed by atoms with van der Waals surface area (Å²) in [5.41, 5.74) is 1.04. The Kier molecular flexibility index (Phi) is 5.46. The molecule has 0 unspecified atom stereocenters. The Bertz CT molecular complexity index is 639. The topological polar surface area (TPSA) is 92.9 Å². The van der Waals surface area contributed by atoms with Crippen LogP contribution in [0.1, 0.15) is 48.1 Å². The number of hydrogen-bond donors (Lipinski definition) is 2. The van der Waals surface area contributed by atoms with Crippen molar-refractivity contribution >= 4 is 17.7 Å². The second-order valence-electron chi connectivity index (χ2n) is 5.13. The summed E-state index contributed by atoms with van der Waals surface area (Å²) < 4.78 is 4.97. The zero-order chi connectivity index (χ0) is 15.9. The summed E-state index contributed by atoms with van der Waals surface area (Å²) in [6.07, 6.45) is 3.19. The van der Waals surface area contributed by atoms with Crippen molar-refractivity contribution in [3.63, 3.8) is 0 Å². The van der Waals surface area contributed by atoms with Gasteiger partial charge in [-0.05, 0) is 26.3 Å². The van der Waals surface area contributed by atoms with Crippen LogP contribution in [0.15, 0.2) is 16.7 Å². The Morgan fingerprint density at radius 1 is 1.23 bits per heavy atom. The first-order valence-corrected chi connectivity index (χ1v) is 7.42. The lowest BCUT2D eigenvalue weighted by Gasteiger charge is -2.07. The maximum atomic E-state index is 12.1. The van der Waals surface area contributed by atoms with Crippen molar-refractivity contribution in [2.75, 3.05) is 11.9 Å². The number of amides is 1. The molecule has 2 N–H and O–H groups in total. The van der Waals surface area contributed by atoms with Gasteiger partial charge in [0.1, 0.15) is 11.5 Å². The van der Waals surface area contributed by atoms with E-state index in [0.29, 0.717) is 35.5 Å². The standard InChI is InChI=1S/C15H21N5O2/c1-4-5-6-7-16-14(21)12-8-10(2)17-15(18-12)19-13-9-11(3)22-20-13/h8-9H,4-7H2,1-3H3,(H,16,21)(H,17,18,19,20). The molecule has 0 spiro atoms.